The minimum absolute atomic E-state index is 0.000848. The Morgan fingerprint density at radius 2 is 1.53 bits per heavy atom. The van der Waals surface area contributed by atoms with Gasteiger partial charge in [-0.3, -0.25) is 4.79 Å². The lowest BCUT2D eigenvalue weighted by atomic mass is 9.94. The van der Waals surface area contributed by atoms with E-state index in [1.54, 1.807) is 4.90 Å². The fourth-order valence-corrected chi connectivity index (χ4v) is 5.85. The predicted octanol–water partition coefficient (Wildman–Crippen LogP) is 3.16. The van der Waals surface area contributed by atoms with Crippen molar-refractivity contribution in [3.05, 3.63) is 29.8 Å². The van der Waals surface area contributed by atoms with Gasteiger partial charge in [-0.1, -0.05) is 13.8 Å². The highest BCUT2D eigenvalue weighted by atomic mass is 32.2. The number of sulfonamides is 1. The SMILES string of the molecule is CC1CC(C)CN(S(=O)(=O)c2ccc(C(=O)OCC(=O)N(C(C)C)C(C)C)cc2)C1. The van der Waals surface area contributed by atoms with Crippen LogP contribution in [-0.2, 0) is 19.6 Å². The van der Waals surface area contributed by atoms with Crippen LogP contribution < -0.4 is 0 Å². The van der Waals surface area contributed by atoms with E-state index >= 15 is 0 Å². The van der Waals surface area contributed by atoms with Gasteiger partial charge >= 0.3 is 5.97 Å². The molecule has 0 aromatic heterocycles. The van der Waals surface area contributed by atoms with Crippen LogP contribution in [0.1, 0.15) is 58.3 Å². The average molecular weight is 439 g/mol. The highest BCUT2D eigenvalue weighted by Crippen LogP contribution is 2.26. The van der Waals surface area contributed by atoms with E-state index in [1.165, 1.54) is 28.6 Å². The number of rotatable bonds is 7. The average Bonchev–Trinajstić information content (AvgIpc) is 2.64. The van der Waals surface area contributed by atoms with Gasteiger partial charge in [0.05, 0.1) is 10.5 Å². The summed E-state index contributed by atoms with van der Waals surface area (Å²) in [5.74, 6) is -0.293. The molecule has 1 fully saturated rings. The van der Waals surface area contributed by atoms with E-state index in [1.807, 2.05) is 27.7 Å². The van der Waals surface area contributed by atoms with Gasteiger partial charge in [-0.15, -0.1) is 0 Å². The third-order valence-electron chi connectivity index (χ3n) is 5.29. The zero-order valence-electron chi connectivity index (χ0n) is 18.8. The first-order valence-electron chi connectivity index (χ1n) is 10.5. The Labute approximate surface area is 180 Å². The number of hydrogen-bond acceptors (Lipinski definition) is 5. The summed E-state index contributed by atoms with van der Waals surface area (Å²) < 4.78 is 32.5. The standard InChI is InChI=1S/C22H34N2O5S/c1-15(2)24(16(3)4)21(25)14-29-22(26)19-7-9-20(10-8-19)30(27,28)23-12-17(5)11-18(6)13-23/h7-10,15-18H,11-14H2,1-6H3. The Kier molecular flexibility index (Phi) is 8.05. The maximum absolute atomic E-state index is 12.9. The summed E-state index contributed by atoms with van der Waals surface area (Å²) in [5, 5.41) is 0. The highest BCUT2D eigenvalue weighted by Gasteiger charge is 2.31. The Bertz CT molecular complexity index is 831. The maximum atomic E-state index is 12.9. The van der Waals surface area contributed by atoms with E-state index in [0.717, 1.165) is 6.42 Å². The van der Waals surface area contributed by atoms with Crippen molar-refractivity contribution in [3.63, 3.8) is 0 Å². The van der Waals surface area contributed by atoms with Crippen LogP contribution >= 0.6 is 0 Å². The second kappa shape index (κ2) is 9.92. The number of carbonyl (C=O) groups excluding carboxylic acids is 2. The summed E-state index contributed by atoms with van der Waals surface area (Å²) >= 11 is 0. The van der Waals surface area contributed by atoms with Crippen LogP contribution in [0.4, 0.5) is 0 Å². The maximum Gasteiger partial charge on any atom is 0.338 e. The van der Waals surface area contributed by atoms with Gasteiger partial charge in [0.25, 0.3) is 5.91 Å². The number of amides is 1. The molecule has 2 atom stereocenters. The fourth-order valence-electron chi connectivity index (χ4n) is 4.17. The zero-order valence-corrected chi connectivity index (χ0v) is 19.6. The van der Waals surface area contributed by atoms with Crippen molar-refractivity contribution in [3.8, 4) is 0 Å². The molecular formula is C22H34N2O5S. The van der Waals surface area contributed by atoms with Crippen molar-refractivity contribution in [2.24, 2.45) is 11.8 Å². The predicted molar refractivity (Wildman–Crippen MR) is 116 cm³/mol. The zero-order chi connectivity index (χ0) is 22.6. The van der Waals surface area contributed by atoms with Crippen molar-refractivity contribution in [1.29, 1.82) is 0 Å². The van der Waals surface area contributed by atoms with E-state index < -0.39 is 16.0 Å². The first-order chi connectivity index (χ1) is 13.9. The number of benzene rings is 1. The van der Waals surface area contributed by atoms with Gasteiger partial charge in [0, 0.05) is 25.2 Å². The van der Waals surface area contributed by atoms with Gasteiger partial charge in [-0.05, 0) is 70.2 Å². The summed E-state index contributed by atoms with van der Waals surface area (Å²) in [7, 11) is -3.61. The molecule has 2 unspecified atom stereocenters. The smallest absolute Gasteiger partial charge is 0.338 e. The molecular weight excluding hydrogens is 404 g/mol. The van der Waals surface area contributed by atoms with Crippen molar-refractivity contribution >= 4 is 21.9 Å². The normalized spacial score (nSPS) is 20.4. The van der Waals surface area contributed by atoms with Gasteiger partial charge in [-0.25, -0.2) is 13.2 Å². The van der Waals surface area contributed by atoms with Crippen LogP contribution in [0.3, 0.4) is 0 Å². The Morgan fingerprint density at radius 1 is 1.03 bits per heavy atom. The van der Waals surface area contributed by atoms with Crippen LogP contribution in [0.15, 0.2) is 29.2 Å². The van der Waals surface area contributed by atoms with Gasteiger partial charge in [0.15, 0.2) is 6.61 Å². The van der Waals surface area contributed by atoms with Crippen LogP contribution in [0, 0.1) is 11.8 Å². The number of piperidine rings is 1. The van der Waals surface area contributed by atoms with Crippen molar-refractivity contribution in [2.75, 3.05) is 19.7 Å². The molecule has 0 aliphatic carbocycles. The first-order valence-corrected chi connectivity index (χ1v) is 12.0. The van der Waals surface area contributed by atoms with Crippen molar-refractivity contribution in [2.45, 2.75) is 64.9 Å². The fraction of sp³-hybridized carbons (Fsp3) is 0.636. The Balaban J connectivity index is 2.04. The van der Waals surface area contributed by atoms with Crippen LogP contribution in [0.2, 0.25) is 0 Å². The number of esters is 1. The summed E-state index contributed by atoms with van der Waals surface area (Å²) in [4.78, 5) is 26.5. The Hall–Kier alpha value is -1.93. The summed E-state index contributed by atoms with van der Waals surface area (Å²) in [6.45, 7) is 12.4. The highest BCUT2D eigenvalue weighted by molar-refractivity contribution is 7.89. The molecule has 8 heteroatoms. The van der Waals surface area contributed by atoms with E-state index in [-0.39, 0.29) is 35.1 Å². The van der Waals surface area contributed by atoms with Crippen LogP contribution in [-0.4, -0.2) is 61.3 Å². The molecule has 2 rings (SSSR count). The van der Waals surface area contributed by atoms with Gasteiger partial charge < -0.3 is 9.64 Å². The molecule has 7 nitrogen and oxygen atoms in total. The van der Waals surface area contributed by atoms with E-state index in [4.69, 9.17) is 4.74 Å². The molecule has 1 amide bonds. The third-order valence-corrected chi connectivity index (χ3v) is 7.14. The van der Waals surface area contributed by atoms with E-state index in [0.29, 0.717) is 24.9 Å². The van der Waals surface area contributed by atoms with Gasteiger partial charge in [0.1, 0.15) is 0 Å². The second-order valence-electron chi connectivity index (χ2n) is 8.86. The summed E-state index contributed by atoms with van der Waals surface area (Å²) in [6.07, 6.45) is 1.01. The lowest BCUT2D eigenvalue weighted by Crippen LogP contribution is -2.44. The molecule has 0 bridgehead atoms. The largest absolute Gasteiger partial charge is 0.452 e. The summed E-state index contributed by atoms with van der Waals surface area (Å²) in [5.41, 5.74) is 0.211. The topological polar surface area (TPSA) is 84.0 Å². The van der Waals surface area contributed by atoms with Crippen molar-refractivity contribution < 1.29 is 22.7 Å². The molecule has 1 heterocycles. The molecule has 1 aliphatic rings. The molecule has 1 aliphatic heterocycles. The number of nitrogens with zero attached hydrogens (tertiary/aromatic N) is 2. The Morgan fingerprint density at radius 3 is 2.00 bits per heavy atom. The lowest BCUT2D eigenvalue weighted by Gasteiger charge is -2.34. The quantitative estimate of drug-likeness (QED) is 0.611. The third kappa shape index (κ3) is 5.82. The van der Waals surface area contributed by atoms with Crippen LogP contribution in [0.5, 0.6) is 0 Å². The molecule has 0 N–H and O–H groups in total. The molecule has 168 valence electrons. The van der Waals surface area contributed by atoms with Crippen molar-refractivity contribution in [1.82, 2.24) is 9.21 Å². The molecule has 1 aromatic carbocycles. The minimum Gasteiger partial charge on any atom is -0.452 e. The second-order valence-corrected chi connectivity index (χ2v) is 10.8. The number of ether oxygens (including phenoxy) is 1. The molecule has 30 heavy (non-hydrogen) atoms. The molecule has 0 saturated carbocycles. The lowest BCUT2D eigenvalue weighted by molar-refractivity contribution is -0.138. The van der Waals surface area contributed by atoms with Gasteiger partial charge in [-0.2, -0.15) is 4.31 Å². The van der Waals surface area contributed by atoms with Crippen LogP contribution in [0.25, 0.3) is 0 Å². The molecule has 1 saturated heterocycles. The van der Waals surface area contributed by atoms with E-state index in [9.17, 15) is 18.0 Å². The van der Waals surface area contributed by atoms with E-state index in [2.05, 4.69) is 13.8 Å². The minimum atomic E-state index is -3.61. The molecule has 0 radical (unpaired) electrons. The summed E-state index contributed by atoms with van der Waals surface area (Å²) in [6, 6.07) is 5.71. The van der Waals surface area contributed by atoms with Gasteiger partial charge in [0.2, 0.25) is 10.0 Å². The number of carbonyl (C=O) groups is 2. The number of hydrogen-bond donors (Lipinski definition) is 0. The first kappa shape index (κ1) is 24.3. The molecule has 0 spiro atoms. The molecule has 1 aromatic rings. The monoisotopic (exact) mass is 438 g/mol.